The predicted octanol–water partition coefficient (Wildman–Crippen LogP) is 2.88. The molecule has 0 bridgehead atoms. The van der Waals surface area contributed by atoms with Crippen molar-refractivity contribution in [1.29, 1.82) is 0 Å². The molecule has 0 heterocycles. The van der Waals surface area contributed by atoms with Crippen LogP contribution < -0.4 is 0 Å². The minimum atomic E-state index is -2.41. The Hall–Kier alpha value is -1.45. The molecule has 2 nitrogen and oxygen atoms in total. The van der Waals surface area contributed by atoms with E-state index in [1.54, 1.807) is 6.92 Å². The number of carboxylic acids is 1. The normalized spacial score (nSPS) is 14.6. The van der Waals surface area contributed by atoms with Crippen LogP contribution in [-0.2, 0) is 10.5 Å². The van der Waals surface area contributed by atoms with Crippen LogP contribution in [0.25, 0.3) is 0 Å². The van der Waals surface area contributed by atoms with E-state index in [1.807, 2.05) is 0 Å². The summed E-state index contributed by atoms with van der Waals surface area (Å²) in [6.07, 6.45) is 0.286. The Bertz CT molecular complexity index is 348. The molecule has 0 saturated carbocycles. The third-order valence-corrected chi connectivity index (χ3v) is 2.24. The van der Waals surface area contributed by atoms with Crippen molar-refractivity contribution in [3.63, 3.8) is 0 Å². The quantitative estimate of drug-likeness (QED) is 0.836. The average molecular weight is 214 g/mol. The lowest BCUT2D eigenvalue weighted by Crippen LogP contribution is -2.30. The van der Waals surface area contributed by atoms with E-state index in [0.717, 1.165) is 12.1 Å². The van der Waals surface area contributed by atoms with Crippen molar-refractivity contribution in [3.8, 4) is 0 Å². The van der Waals surface area contributed by atoms with E-state index in [1.165, 1.54) is 12.1 Å². The Labute approximate surface area is 86.5 Å². The number of carboxylic acid groups (broad SMARTS) is 1. The fourth-order valence-electron chi connectivity index (χ4n) is 1.43. The molecular weight excluding hydrogens is 202 g/mol. The summed E-state index contributed by atoms with van der Waals surface area (Å²) in [5, 5.41) is 8.82. The van der Waals surface area contributed by atoms with E-state index in [-0.39, 0.29) is 12.0 Å². The molecule has 1 N–H and O–H groups in total. The SMILES string of the molecule is CCCC(F)(C(=O)O)c1ccc(F)cc1. The summed E-state index contributed by atoms with van der Waals surface area (Å²) in [7, 11) is 0. The van der Waals surface area contributed by atoms with Crippen LogP contribution >= 0.6 is 0 Å². The van der Waals surface area contributed by atoms with Crippen LogP contribution in [0.2, 0.25) is 0 Å². The molecule has 0 fully saturated rings. The standard InChI is InChI=1S/C11H12F2O2/c1-2-7-11(13,10(14)15)8-3-5-9(12)6-4-8/h3-6H,2,7H2,1H3,(H,14,15). The van der Waals surface area contributed by atoms with Gasteiger partial charge < -0.3 is 5.11 Å². The second kappa shape index (κ2) is 4.38. The summed E-state index contributed by atoms with van der Waals surface area (Å²) in [6.45, 7) is 1.70. The average Bonchev–Trinajstić information content (AvgIpc) is 2.18. The summed E-state index contributed by atoms with van der Waals surface area (Å²) in [5.74, 6) is -2.04. The zero-order valence-electron chi connectivity index (χ0n) is 8.34. The number of alkyl halides is 1. The predicted molar refractivity (Wildman–Crippen MR) is 51.7 cm³/mol. The van der Waals surface area contributed by atoms with Gasteiger partial charge in [-0.2, -0.15) is 0 Å². The smallest absolute Gasteiger partial charge is 0.346 e. The number of rotatable bonds is 4. The van der Waals surface area contributed by atoms with Crippen LogP contribution in [0.5, 0.6) is 0 Å². The largest absolute Gasteiger partial charge is 0.479 e. The van der Waals surface area contributed by atoms with Gasteiger partial charge in [-0.15, -0.1) is 0 Å². The highest BCUT2D eigenvalue weighted by molar-refractivity contribution is 5.79. The van der Waals surface area contributed by atoms with Crippen molar-refractivity contribution >= 4 is 5.97 Å². The van der Waals surface area contributed by atoms with Crippen LogP contribution in [0, 0.1) is 5.82 Å². The third-order valence-electron chi connectivity index (χ3n) is 2.24. The maximum Gasteiger partial charge on any atom is 0.346 e. The zero-order chi connectivity index (χ0) is 11.5. The van der Waals surface area contributed by atoms with Crippen molar-refractivity contribution in [2.75, 3.05) is 0 Å². The van der Waals surface area contributed by atoms with Gasteiger partial charge in [0.15, 0.2) is 0 Å². The van der Waals surface area contributed by atoms with E-state index in [2.05, 4.69) is 0 Å². The number of hydrogen-bond donors (Lipinski definition) is 1. The summed E-state index contributed by atoms with van der Waals surface area (Å²) < 4.78 is 26.6. The van der Waals surface area contributed by atoms with Crippen molar-refractivity contribution in [1.82, 2.24) is 0 Å². The maximum absolute atomic E-state index is 14.1. The Morgan fingerprint density at radius 1 is 1.40 bits per heavy atom. The summed E-state index contributed by atoms with van der Waals surface area (Å²) in [6, 6.07) is 4.45. The lowest BCUT2D eigenvalue weighted by Gasteiger charge is -2.20. The first-order chi connectivity index (χ1) is 7.00. The highest BCUT2D eigenvalue weighted by Gasteiger charge is 2.39. The summed E-state index contributed by atoms with van der Waals surface area (Å²) in [5.41, 5.74) is -2.43. The molecule has 0 aliphatic rings. The van der Waals surface area contributed by atoms with Crippen LogP contribution in [0.4, 0.5) is 8.78 Å². The first-order valence-corrected chi connectivity index (χ1v) is 4.69. The van der Waals surface area contributed by atoms with Gasteiger partial charge in [0, 0.05) is 5.56 Å². The van der Waals surface area contributed by atoms with Crippen molar-refractivity contribution in [2.45, 2.75) is 25.4 Å². The number of halogens is 2. The lowest BCUT2D eigenvalue weighted by atomic mass is 9.91. The molecule has 0 aromatic heterocycles. The monoisotopic (exact) mass is 214 g/mol. The number of aliphatic carboxylic acids is 1. The minimum Gasteiger partial charge on any atom is -0.479 e. The van der Waals surface area contributed by atoms with E-state index < -0.39 is 17.5 Å². The second-order valence-electron chi connectivity index (χ2n) is 3.36. The Kier molecular flexibility index (Phi) is 3.39. The molecule has 1 atom stereocenters. The first-order valence-electron chi connectivity index (χ1n) is 4.69. The molecular formula is C11H12F2O2. The van der Waals surface area contributed by atoms with Gasteiger partial charge >= 0.3 is 5.97 Å². The van der Waals surface area contributed by atoms with Crippen molar-refractivity contribution in [3.05, 3.63) is 35.6 Å². The fraction of sp³-hybridized carbons (Fsp3) is 0.364. The Balaban J connectivity index is 3.09. The van der Waals surface area contributed by atoms with E-state index >= 15 is 0 Å². The van der Waals surface area contributed by atoms with Crippen molar-refractivity contribution in [2.24, 2.45) is 0 Å². The highest BCUT2D eigenvalue weighted by Crippen LogP contribution is 2.31. The number of benzene rings is 1. The molecule has 0 aliphatic carbocycles. The molecule has 1 aromatic carbocycles. The van der Waals surface area contributed by atoms with Gasteiger partial charge in [0.2, 0.25) is 5.67 Å². The Morgan fingerprint density at radius 2 is 1.93 bits per heavy atom. The second-order valence-corrected chi connectivity index (χ2v) is 3.36. The highest BCUT2D eigenvalue weighted by atomic mass is 19.1. The molecule has 0 radical (unpaired) electrons. The molecule has 0 aliphatic heterocycles. The lowest BCUT2D eigenvalue weighted by molar-refractivity contribution is -0.152. The molecule has 0 saturated heterocycles. The molecule has 1 aromatic rings. The first kappa shape index (κ1) is 11.6. The van der Waals surface area contributed by atoms with Crippen LogP contribution in [0.3, 0.4) is 0 Å². The van der Waals surface area contributed by atoms with Gasteiger partial charge in [-0.1, -0.05) is 25.5 Å². The maximum atomic E-state index is 14.1. The van der Waals surface area contributed by atoms with Gasteiger partial charge in [-0.25, -0.2) is 13.6 Å². The van der Waals surface area contributed by atoms with Crippen LogP contribution in [0.15, 0.2) is 24.3 Å². The summed E-state index contributed by atoms with van der Waals surface area (Å²) >= 11 is 0. The van der Waals surface area contributed by atoms with E-state index in [4.69, 9.17) is 5.11 Å². The van der Waals surface area contributed by atoms with Gasteiger partial charge in [0.25, 0.3) is 0 Å². The fourth-order valence-corrected chi connectivity index (χ4v) is 1.43. The van der Waals surface area contributed by atoms with Gasteiger partial charge in [-0.3, -0.25) is 0 Å². The molecule has 0 amide bonds. The van der Waals surface area contributed by atoms with Crippen LogP contribution in [0.1, 0.15) is 25.3 Å². The third kappa shape index (κ3) is 2.32. The topological polar surface area (TPSA) is 37.3 Å². The molecule has 82 valence electrons. The molecule has 0 spiro atoms. The van der Waals surface area contributed by atoms with E-state index in [0.29, 0.717) is 6.42 Å². The van der Waals surface area contributed by atoms with Crippen LogP contribution in [-0.4, -0.2) is 11.1 Å². The number of carbonyl (C=O) groups is 1. The van der Waals surface area contributed by atoms with E-state index in [9.17, 15) is 13.6 Å². The summed E-state index contributed by atoms with van der Waals surface area (Å²) in [4.78, 5) is 10.8. The Morgan fingerprint density at radius 3 is 2.33 bits per heavy atom. The zero-order valence-corrected chi connectivity index (χ0v) is 8.34. The molecule has 15 heavy (non-hydrogen) atoms. The molecule has 1 unspecified atom stereocenters. The number of hydrogen-bond acceptors (Lipinski definition) is 1. The molecule has 1 rings (SSSR count). The minimum absolute atomic E-state index is 0.0155. The van der Waals surface area contributed by atoms with Gasteiger partial charge in [0.1, 0.15) is 5.82 Å². The van der Waals surface area contributed by atoms with Gasteiger partial charge in [0.05, 0.1) is 0 Å². The molecule has 4 heteroatoms. The van der Waals surface area contributed by atoms with Crippen molar-refractivity contribution < 1.29 is 18.7 Å². The van der Waals surface area contributed by atoms with Gasteiger partial charge in [-0.05, 0) is 18.6 Å².